The van der Waals surface area contributed by atoms with Crippen LogP contribution in [0, 0.1) is 6.92 Å². The molecule has 94 valence electrons. The molecule has 2 aromatic heterocycles. The van der Waals surface area contributed by atoms with E-state index in [2.05, 4.69) is 20.4 Å². The maximum Gasteiger partial charge on any atom is 0.328 e. The Morgan fingerprint density at radius 3 is 2.89 bits per heavy atom. The number of aromatic nitrogens is 4. The fraction of sp³-hybridized carbons (Fsp3) is 0.200. The third-order valence-corrected chi connectivity index (χ3v) is 2.26. The van der Waals surface area contributed by atoms with Crippen LogP contribution in [0.2, 0.25) is 0 Å². The Hall–Kier alpha value is -2.48. The van der Waals surface area contributed by atoms with Gasteiger partial charge in [0.05, 0.1) is 6.54 Å². The number of hydrogen-bond acceptors (Lipinski definition) is 6. The third kappa shape index (κ3) is 2.61. The molecule has 4 N–H and O–H groups in total. The van der Waals surface area contributed by atoms with E-state index in [1.807, 2.05) is 0 Å². The molecule has 0 amide bonds. The van der Waals surface area contributed by atoms with Crippen LogP contribution in [-0.4, -0.2) is 19.5 Å². The zero-order valence-electron chi connectivity index (χ0n) is 9.67. The van der Waals surface area contributed by atoms with Crippen LogP contribution in [0.5, 0.6) is 0 Å². The van der Waals surface area contributed by atoms with Crippen molar-refractivity contribution in [3.8, 4) is 0 Å². The van der Waals surface area contributed by atoms with Crippen molar-refractivity contribution in [3.05, 3.63) is 50.7 Å². The van der Waals surface area contributed by atoms with E-state index in [4.69, 9.17) is 5.84 Å². The topological polar surface area (TPSA) is 119 Å². The molecule has 0 aliphatic heterocycles. The number of nitrogens with two attached hydrogens (primary N) is 1. The van der Waals surface area contributed by atoms with Gasteiger partial charge in [0.25, 0.3) is 5.56 Å². The van der Waals surface area contributed by atoms with Crippen LogP contribution in [0.3, 0.4) is 0 Å². The summed E-state index contributed by atoms with van der Waals surface area (Å²) < 4.78 is 1.30. The first kappa shape index (κ1) is 12.0. The number of nitrogen functional groups attached to an aromatic ring is 1. The number of hydrogen-bond donors (Lipinski definition) is 3. The summed E-state index contributed by atoms with van der Waals surface area (Å²) in [4.78, 5) is 32.9. The van der Waals surface area contributed by atoms with E-state index in [9.17, 15) is 9.59 Å². The number of hydrazine groups is 1. The molecule has 2 heterocycles. The summed E-state index contributed by atoms with van der Waals surface area (Å²) in [6.45, 7) is 1.95. The van der Waals surface area contributed by atoms with Gasteiger partial charge >= 0.3 is 5.69 Å². The van der Waals surface area contributed by atoms with E-state index in [0.717, 1.165) is 5.69 Å². The molecule has 18 heavy (non-hydrogen) atoms. The van der Waals surface area contributed by atoms with Crippen molar-refractivity contribution in [2.75, 3.05) is 5.43 Å². The summed E-state index contributed by atoms with van der Waals surface area (Å²) in [5, 5.41) is 0. The number of anilines is 1. The predicted molar refractivity (Wildman–Crippen MR) is 65.0 cm³/mol. The van der Waals surface area contributed by atoms with Crippen molar-refractivity contribution in [1.29, 1.82) is 0 Å². The summed E-state index contributed by atoms with van der Waals surface area (Å²) in [6.07, 6.45) is 1.39. The first-order valence-electron chi connectivity index (χ1n) is 5.19. The Morgan fingerprint density at radius 1 is 1.44 bits per heavy atom. The van der Waals surface area contributed by atoms with Crippen LogP contribution in [0.15, 0.2) is 27.9 Å². The minimum absolute atomic E-state index is 0.159. The highest BCUT2D eigenvalue weighted by molar-refractivity contribution is 5.33. The van der Waals surface area contributed by atoms with Crippen molar-refractivity contribution in [1.82, 2.24) is 19.5 Å². The number of rotatable bonds is 3. The molecule has 0 atom stereocenters. The van der Waals surface area contributed by atoms with Crippen LogP contribution >= 0.6 is 0 Å². The van der Waals surface area contributed by atoms with Gasteiger partial charge in [-0.2, -0.15) is 0 Å². The van der Waals surface area contributed by atoms with E-state index in [1.54, 1.807) is 13.0 Å². The molecular formula is C10H12N6O2. The molecule has 0 aliphatic rings. The lowest BCUT2D eigenvalue weighted by Gasteiger charge is -2.06. The van der Waals surface area contributed by atoms with Crippen molar-refractivity contribution < 1.29 is 0 Å². The fourth-order valence-corrected chi connectivity index (χ4v) is 1.50. The quantitative estimate of drug-likeness (QED) is 0.472. The number of H-pyrrole nitrogens is 1. The monoisotopic (exact) mass is 248 g/mol. The lowest BCUT2D eigenvalue weighted by atomic mass is 10.4. The summed E-state index contributed by atoms with van der Waals surface area (Å²) in [5.74, 6) is 6.17. The lowest BCUT2D eigenvalue weighted by molar-refractivity contribution is 0.683. The van der Waals surface area contributed by atoms with Crippen LogP contribution in [0.1, 0.15) is 11.5 Å². The van der Waals surface area contributed by atoms with Gasteiger partial charge < -0.3 is 5.43 Å². The average molecular weight is 248 g/mol. The minimum atomic E-state index is -0.505. The number of nitrogens with one attached hydrogen (secondary N) is 2. The van der Waals surface area contributed by atoms with E-state index in [-0.39, 0.29) is 6.54 Å². The first-order chi connectivity index (χ1) is 8.58. The molecule has 0 bridgehead atoms. The highest BCUT2D eigenvalue weighted by atomic mass is 16.2. The number of aromatic amines is 1. The molecule has 0 unspecified atom stereocenters. The minimum Gasteiger partial charge on any atom is -0.308 e. The summed E-state index contributed by atoms with van der Waals surface area (Å²) in [6, 6.07) is 2.94. The first-order valence-corrected chi connectivity index (χ1v) is 5.19. The van der Waals surface area contributed by atoms with Crippen molar-refractivity contribution in [2.24, 2.45) is 5.84 Å². The zero-order valence-corrected chi connectivity index (χ0v) is 9.67. The second-order valence-electron chi connectivity index (χ2n) is 3.69. The Kier molecular flexibility index (Phi) is 3.20. The van der Waals surface area contributed by atoms with Gasteiger partial charge in [0.15, 0.2) is 5.82 Å². The number of aryl methyl sites for hydroxylation is 1. The molecule has 0 fully saturated rings. The molecular weight excluding hydrogens is 236 g/mol. The normalized spacial score (nSPS) is 10.3. The smallest absolute Gasteiger partial charge is 0.308 e. The van der Waals surface area contributed by atoms with E-state index >= 15 is 0 Å². The Morgan fingerprint density at radius 2 is 2.22 bits per heavy atom. The molecule has 8 heteroatoms. The van der Waals surface area contributed by atoms with Crippen LogP contribution in [0.4, 0.5) is 5.82 Å². The molecule has 8 nitrogen and oxygen atoms in total. The highest BCUT2D eigenvalue weighted by Crippen LogP contribution is 2.04. The summed E-state index contributed by atoms with van der Waals surface area (Å²) >= 11 is 0. The molecule has 0 aliphatic carbocycles. The molecule has 0 radical (unpaired) electrons. The number of nitrogens with zero attached hydrogens (tertiary/aromatic N) is 3. The molecule has 0 saturated carbocycles. The maximum absolute atomic E-state index is 11.5. The third-order valence-electron chi connectivity index (χ3n) is 2.26. The summed E-state index contributed by atoms with van der Waals surface area (Å²) in [5.41, 5.74) is 2.20. The van der Waals surface area contributed by atoms with E-state index < -0.39 is 11.2 Å². The highest BCUT2D eigenvalue weighted by Gasteiger charge is 2.04. The molecule has 2 rings (SSSR count). The van der Waals surface area contributed by atoms with Gasteiger partial charge in [0.1, 0.15) is 5.82 Å². The van der Waals surface area contributed by atoms with Gasteiger partial charge in [0.2, 0.25) is 0 Å². The SMILES string of the molecule is Cc1cc(NN)nc(Cn2ccc(=O)[nH]c2=O)n1. The lowest BCUT2D eigenvalue weighted by Crippen LogP contribution is -2.29. The van der Waals surface area contributed by atoms with Gasteiger partial charge in [-0.1, -0.05) is 0 Å². The van der Waals surface area contributed by atoms with Crippen LogP contribution in [-0.2, 0) is 6.54 Å². The second kappa shape index (κ2) is 4.80. The van der Waals surface area contributed by atoms with Crippen molar-refractivity contribution >= 4 is 5.82 Å². The van der Waals surface area contributed by atoms with Gasteiger partial charge in [-0.15, -0.1) is 0 Å². The molecule has 0 saturated heterocycles. The van der Waals surface area contributed by atoms with Crippen molar-refractivity contribution in [2.45, 2.75) is 13.5 Å². The maximum atomic E-state index is 11.5. The van der Waals surface area contributed by atoms with Gasteiger partial charge in [-0.25, -0.2) is 20.6 Å². The van der Waals surface area contributed by atoms with Gasteiger partial charge in [-0.3, -0.25) is 14.3 Å². The summed E-state index contributed by atoms with van der Waals surface area (Å²) in [7, 11) is 0. The van der Waals surface area contributed by atoms with Crippen molar-refractivity contribution in [3.63, 3.8) is 0 Å². The molecule has 0 spiro atoms. The average Bonchev–Trinajstić information content (AvgIpc) is 2.32. The second-order valence-corrected chi connectivity index (χ2v) is 3.69. The van der Waals surface area contributed by atoms with Gasteiger partial charge in [-0.05, 0) is 6.92 Å². The van der Waals surface area contributed by atoms with Crippen LogP contribution < -0.4 is 22.5 Å². The van der Waals surface area contributed by atoms with E-state index in [0.29, 0.717) is 11.6 Å². The standard InChI is InChI=1S/C10H12N6O2/c1-6-4-7(15-11)13-8(12-6)5-16-3-2-9(17)14-10(16)18/h2-4H,5,11H2,1H3,(H,12,13,15)(H,14,17,18). The Labute approximate surface area is 101 Å². The fourth-order valence-electron chi connectivity index (χ4n) is 1.50. The molecule has 2 aromatic rings. The molecule has 0 aromatic carbocycles. The Balaban J connectivity index is 2.36. The van der Waals surface area contributed by atoms with Gasteiger partial charge in [0, 0.05) is 24.0 Å². The zero-order chi connectivity index (χ0) is 13.1. The largest absolute Gasteiger partial charge is 0.328 e. The Bertz CT molecular complexity index is 675. The predicted octanol–water partition coefficient (Wildman–Crippen LogP) is -1.03. The van der Waals surface area contributed by atoms with Crippen LogP contribution in [0.25, 0.3) is 0 Å². The van der Waals surface area contributed by atoms with E-state index in [1.165, 1.54) is 16.8 Å².